The Morgan fingerprint density at radius 3 is 2.33 bits per heavy atom. The van der Waals surface area contributed by atoms with Crippen molar-refractivity contribution in [1.82, 2.24) is 9.78 Å². The van der Waals surface area contributed by atoms with E-state index in [1.54, 1.807) is 0 Å². The van der Waals surface area contributed by atoms with Crippen LogP contribution in [0.15, 0.2) is 35.3 Å². The maximum absolute atomic E-state index is 12.3. The summed E-state index contributed by atoms with van der Waals surface area (Å²) in [5.41, 5.74) is 1.39. The third-order valence-corrected chi connectivity index (χ3v) is 4.36. The van der Waals surface area contributed by atoms with E-state index in [0.29, 0.717) is 12.4 Å². The number of alkyl halides is 1. The highest BCUT2D eigenvalue weighted by Gasteiger charge is 2.20. The minimum absolute atomic E-state index is 0.0538. The molecule has 1 aromatic carbocycles. The quantitative estimate of drug-likeness (QED) is 0.573. The molecule has 0 atom stereocenters. The Hall–Kier alpha value is -1.20. The molecule has 0 saturated carbocycles. The van der Waals surface area contributed by atoms with Gasteiger partial charge in [0.05, 0.1) is 11.7 Å². The fourth-order valence-corrected chi connectivity index (χ4v) is 2.60. The smallest absolute Gasteiger partial charge is 0.289 e. The molecule has 0 saturated heterocycles. The highest BCUT2D eigenvalue weighted by molar-refractivity contribution is 9.10. The molecule has 1 aromatic heterocycles. The zero-order valence-corrected chi connectivity index (χ0v) is 16.9. The van der Waals surface area contributed by atoms with Crippen molar-refractivity contribution >= 4 is 43.2 Å². The fourth-order valence-electron chi connectivity index (χ4n) is 2.15. The Kier molecular flexibility index (Phi) is 5.55. The first-order chi connectivity index (χ1) is 11.0. The molecule has 0 bridgehead atoms. The van der Waals surface area contributed by atoms with Crippen molar-refractivity contribution in [2.24, 2.45) is 0 Å². The summed E-state index contributed by atoms with van der Waals surface area (Å²) in [5.74, 6) is 0.298. The molecular weight excluding hydrogens is 389 g/mol. The van der Waals surface area contributed by atoms with Gasteiger partial charge < -0.3 is 4.74 Å². The van der Waals surface area contributed by atoms with Crippen molar-refractivity contribution in [2.45, 2.75) is 37.0 Å². The van der Waals surface area contributed by atoms with Gasteiger partial charge in [0.2, 0.25) is 0 Å². The van der Waals surface area contributed by atoms with Crippen LogP contribution in [0.25, 0.3) is 0 Å². The van der Waals surface area contributed by atoms with Crippen LogP contribution in [-0.2, 0) is 16.3 Å². The zero-order valence-electron chi connectivity index (χ0n) is 14.6. The van der Waals surface area contributed by atoms with Crippen molar-refractivity contribution in [1.29, 1.82) is 0 Å². The number of hydrogen-bond acceptors (Lipinski definition) is 3. The molecule has 2 rings (SSSR count). The first-order valence-electron chi connectivity index (χ1n) is 7.69. The lowest BCUT2D eigenvalue weighted by molar-refractivity contribution is 0.292. The van der Waals surface area contributed by atoms with Gasteiger partial charge in [0.1, 0.15) is 22.3 Å². The molecule has 8 heteroatoms. The summed E-state index contributed by atoms with van der Waals surface area (Å²) >= 11 is 9.78. The van der Waals surface area contributed by atoms with Crippen molar-refractivity contribution < 1.29 is 4.74 Å². The summed E-state index contributed by atoms with van der Waals surface area (Å²) in [6, 6.07) is 8.09. The van der Waals surface area contributed by atoms with Crippen LogP contribution in [0, 0.1) is 0 Å². The molecule has 0 fully saturated rings. The molecule has 0 aliphatic rings. The first-order valence-corrected chi connectivity index (χ1v) is 8.86. The zero-order chi connectivity index (χ0) is 18.1. The van der Waals surface area contributed by atoms with E-state index in [2.05, 4.69) is 36.7 Å². The van der Waals surface area contributed by atoms with Crippen LogP contribution >= 0.6 is 27.5 Å². The Morgan fingerprint density at radius 1 is 1.25 bits per heavy atom. The predicted molar refractivity (Wildman–Crippen MR) is 107 cm³/mol. The van der Waals surface area contributed by atoms with Crippen LogP contribution < -0.4 is 10.3 Å². The van der Waals surface area contributed by atoms with Gasteiger partial charge >= 0.3 is 0 Å². The van der Waals surface area contributed by atoms with Crippen molar-refractivity contribution in [3.8, 4) is 5.75 Å². The number of nitrogens with zero attached hydrogens (tertiary/aromatic N) is 2. The van der Waals surface area contributed by atoms with E-state index in [-0.39, 0.29) is 14.7 Å². The Balaban J connectivity index is 2.16. The minimum atomic E-state index is -0.433. The molecule has 0 radical (unpaired) electrons. The Labute approximate surface area is 157 Å². The second-order valence-electron chi connectivity index (χ2n) is 7.17. The fraction of sp³-hybridized carbons (Fsp3) is 0.375. The normalized spacial score (nSPS) is 12.2. The lowest BCUT2D eigenvalue weighted by Crippen LogP contribution is -2.36. The third-order valence-electron chi connectivity index (χ3n) is 3.56. The van der Waals surface area contributed by atoms with Crippen LogP contribution in [0.5, 0.6) is 5.75 Å². The van der Waals surface area contributed by atoms with E-state index in [1.807, 2.05) is 45.0 Å². The van der Waals surface area contributed by atoms with Crippen LogP contribution in [0.2, 0.25) is 5.02 Å². The lowest BCUT2D eigenvalue weighted by atomic mass is 9.66. The lowest BCUT2D eigenvalue weighted by Gasteiger charge is -2.21. The van der Waals surface area contributed by atoms with E-state index in [0.717, 1.165) is 5.56 Å². The van der Waals surface area contributed by atoms with Crippen LogP contribution in [0.3, 0.4) is 0 Å². The number of halogens is 2. The highest BCUT2D eigenvalue weighted by atomic mass is 79.9. The molecule has 0 unspecified atom stereocenters. The number of ether oxygens (including phenoxy) is 1. The van der Waals surface area contributed by atoms with Gasteiger partial charge in [-0.25, -0.2) is 4.68 Å². The molecule has 0 aliphatic heterocycles. The number of hydrogen-bond donors (Lipinski definition) is 0. The molecular formula is C16H20B2BrClN2O2. The van der Waals surface area contributed by atoms with E-state index in [9.17, 15) is 4.79 Å². The highest BCUT2D eigenvalue weighted by Crippen LogP contribution is 2.25. The van der Waals surface area contributed by atoms with Gasteiger partial charge in [-0.15, -0.1) is 0 Å². The van der Waals surface area contributed by atoms with Gasteiger partial charge in [-0.05, 0) is 36.0 Å². The van der Waals surface area contributed by atoms with Gasteiger partial charge in [0, 0.05) is 0 Å². The second-order valence-corrected chi connectivity index (χ2v) is 9.53. The minimum Gasteiger partial charge on any atom is -0.485 e. The van der Waals surface area contributed by atoms with Crippen molar-refractivity contribution in [3.05, 3.63) is 57.0 Å². The molecule has 2 aromatic rings. The van der Waals surface area contributed by atoms with Crippen molar-refractivity contribution in [3.63, 3.8) is 0 Å². The summed E-state index contributed by atoms with van der Waals surface area (Å²) < 4.78 is 6.96. The number of aromatic nitrogens is 2. The average Bonchev–Trinajstić information content (AvgIpc) is 2.47. The van der Waals surface area contributed by atoms with Crippen LogP contribution in [0.1, 0.15) is 31.9 Å². The van der Waals surface area contributed by atoms with E-state index < -0.39 is 5.54 Å². The standard InChI is InChI=1S/C16H20B2BrClN2O2/c1-15(2,3)22-14(23)13(20)12(8-21-22)24-9-10-4-6-11(7-5-10)16(17,18)19/h4-8H,9,17-18H2,1-3H3. The predicted octanol–water partition coefficient (Wildman–Crippen LogP) is 2.00. The molecule has 0 amide bonds. The van der Waals surface area contributed by atoms with Gasteiger partial charge in [0.25, 0.3) is 5.56 Å². The van der Waals surface area contributed by atoms with Crippen molar-refractivity contribution in [2.75, 3.05) is 0 Å². The summed E-state index contributed by atoms with van der Waals surface area (Å²) in [4.78, 5) is 12.3. The average molecular weight is 409 g/mol. The number of benzene rings is 1. The summed E-state index contributed by atoms with van der Waals surface area (Å²) in [6.07, 6.45) is 1.49. The second kappa shape index (κ2) is 6.96. The van der Waals surface area contributed by atoms with Gasteiger partial charge in [-0.3, -0.25) is 4.79 Å². The molecule has 1 heterocycles. The SMILES string of the molecule is BC(B)(Br)c1ccc(COc2cnn(C(C)(C)C)c(=O)c2Cl)cc1. The Morgan fingerprint density at radius 2 is 1.83 bits per heavy atom. The Bertz CT molecular complexity index is 781. The monoisotopic (exact) mass is 408 g/mol. The van der Waals surface area contributed by atoms with Gasteiger partial charge in [0.15, 0.2) is 10.8 Å². The molecule has 0 spiro atoms. The van der Waals surface area contributed by atoms with E-state index in [4.69, 9.17) is 16.3 Å². The number of rotatable bonds is 4. The molecule has 4 nitrogen and oxygen atoms in total. The van der Waals surface area contributed by atoms with E-state index >= 15 is 0 Å². The summed E-state index contributed by atoms with van der Waals surface area (Å²) in [6.45, 7) is 6.00. The van der Waals surface area contributed by atoms with Crippen LogP contribution in [0.4, 0.5) is 0 Å². The maximum Gasteiger partial charge on any atom is 0.289 e. The molecule has 0 aliphatic carbocycles. The maximum atomic E-state index is 12.3. The summed E-state index contributed by atoms with van der Waals surface area (Å²) in [5, 5.41) is 4.21. The van der Waals surface area contributed by atoms with Crippen LogP contribution in [-0.4, -0.2) is 25.5 Å². The van der Waals surface area contributed by atoms with Gasteiger partial charge in [-0.1, -0.05) is 51.8 Å². The molecule has 0 N–H and O–H groups in total. The summed E-state index contributed by atoms with van der Waals surface area (Å²) in [7, 11) is 4.18. The van der Waals surface area contributed by atoms with E-state index in [1.165, 1.54) is 16.4 Å². The first kappa shape index (κ1) is 19.1. The third kappa shape index (κ3) is 4.45. The molecule has 126 valence electrons. The topological polar surface area (TPSA) is 44.1 Å². The largest absolute Gasteiger partial charge is 0.485 e. The van der Waals surface area contributed by atoms with Gasteiger partial charge in [-0.2, -0.15) is 5.10 Å². The molecule has 24 heavy (non-hydrogen) atoms.